The molecule has 0 aliphatic carbocycles. The zero-order chi connectivity index (χ0) is 15.8. The number of imidazole rings is 1. The Bertz CT molecular complexity index is 638. The first-order valence-electron chi connectivity index (χ1n) is 7.30. The smallest absolute Gasteiger partial charge is 0.125 e. The third-order valence-electron chi connectivity index (χ3n) is 3.62. The highest BCUT2D eigenvalue weighted by Crippen LogP contribution is 2.36. The zero-order valence-electron chi connectivity index (χ0n) is 13.8. The third-order valence-corrected chi connectivity index (χ3v) is 3.86. The minimum Gasteiger partial charge on any atom is -0.497 e. The second-order valence-corrected chi connectivity index (χ2v) is 7.67. The number of nitrogens with zero attached hydrogens (tertiary/aromatic N) is 2. The molecule has 21 heavy (non-hydrogen) atoms. The average Bonchev–Trinajstić information content (AvgIpc) is 2.73. The van der Waals surface area contributed by atoms with Crippen LogP contribution in [0.4, 0.5) is 0 Å². The third kappa shape index (κ3) is 3.34. The molecule has 0 bridgehead atoms. The van der Waals surface area contributed by atoms with E-state index in [4.69, 9.17) is 16.3 Å². The molecule has 116 valence electrons. The highest BCUT2D eigenvalue weighted by Gasteiger charge is 2.30. The summed E-state index contributed by atoms with van der Waals surface area (Å²) in [6.45, 7) is 11.3. The summed E-state index contributed by atoms with van der Waals surface area (Å²) in [5.41, 5.74) is 2.23. The summed E-state index contributed by atoms with van der Waals surface area (Å²) in [6, 6.07) is 6.02. The van der Waals surface area contributed by atoms with Crippen molar-refractivity contribution in [3.63, 3.8) is 0 Å². The molecule has 0 atom stereocenters. The monoisotopic (exact) mass is 308 g/mol. The summed E-state index contributed by atoms with van der Waals surface area (Å²) in [7, 11) is 1.67. The molecule has 4 heteroatoms. The first-order chi connectivity index (χ1) is 9.68. The van der Waals surface area contributed by atoms with Gasteiger partial charge in [-0.05, 0) is 37.8 Å². The van der Waals surface area contributed by atoms with Crippen molar-refractivity contribution in [3.05, 3.63) is 24.0 Å². The van der Waals surface area contributed by atoms with E-state index in [0.717, 1.165) is 29.0 Å². The van der Waals surface area contributed by atoms with Crippen LogP contribution in [0.2, 0.25) is 0 Å². The molecule has 0 N–H and O–H groups in total. The van der Waals surface area contributed by atoms with Gasteiger partial charge in [-0.25, -0.2) is 4.98 Å². The number of hydrogen-bond donors (Lipinski definition) is 0. The maximum atomic E-state index is 6.14. The molecule has 3 nitrogen and oxygen atoms in total. The van der Waals surface area contributed by atoms with E-state index >= 15 is 0 Å². The largest absolute Gasteiger partial charge is 0.497 e. The quantitative estimate of drug-likeness (QED) is 0.747. The van der Waals surface area contributed by atoms with Crippen LogP contribution in [-0.4, -0.2) is 16.7 Å². The molecule has 2 aromatic rings. The second-order valence-electron chi connectivity index (χ2n) is 7.40. The predicted molar refractivity (Wildman–Crippen MR) is 89.2 cm³/mol. The van der Waals surface area contributed by atoms with Crippen molar-refractivity contribution in [1.82, 2.24) is 9.55 Å². The lowest BCUT2D eigenvalue weighted by atomic mass is 9.81. The fraction of sp³-hybridized carbons (Fsp3) is 0.588. The van der Waals surface area contributed by atoms with Crippen molar-refractivity contribution in [1.29, 1.82) is 0 Å². The molecular weight excluding hydrogens is 284 g/mol. The van der Waals surface area contributed by atoms with E-state index in [1.54, 1.807) is 7.11 Å². The van der Waals surface area contributed by atoms with Crippen LogP contribution >= 0.6 is 11.6 Å². The number of benzene rings is 1. The molecule has 0 saturated heterocycles. The number of hydrogen-bond acceptors (Lipinski definition) is 2. The molecule has 1 heterocycles. The molecule has 0 spiro atoms. The van der Waals surface area contributed by atoms with Crippen LogP contribution in [0.15, 0.2) is 18.2 Å². The van der Waals surface area contributed by atoms with Gasteiger partial charge in [0.15, 0.2) is 0 Å². The number of methoxy groups -OCH3 is 1. The SMILES string of the molecule is COc1ccc2c(c1)nc(CCl)n2C(C)(C)CC(C)(C)C. The van der Waals surface area contributed by atoms with Gasteiger partial charge in [0.1, 0.15) is 11.6 Å². The van der Waals surface area contributed by atoms with E-state index in [-0.39, 0.29) is 11.0 Å². The van der Waals surface area contributed by atoms with Crippen molar-refractivity contribution >= 4 is 22.6 Å². The molecule has 0 amide bonds. The van der Waals surface area contributed by atoms with Crippen molar-refractivity contribution in [2.45, 2.75) is 52.5 Å². The van der Waals surface area contributed by atoms with Gasteiger partial charge in [-0.15, -0.1) is 11.6 Å². The number of halogens is 1. The normalized spacial score (nSPS) is 12.9. The number of alkyl halides is 1. The van der Waals surface area contributed by atoms with Gasteiger partial charge in [0.05, 0.1) is 24.0 Å². The van der Waals surface area contributed by atoms with Gasteiger partial charge in [-0.2, -0.15) is 0 Å². The Morgan fingerprint density at radius 2 is 1.86 bits per heavy atom. The Labute approximate surface area is 132 Å². The molecular formula is C17H25ClN2O. The highest BCUT2D eigenvalue weighted by atomic mass is 35.5. The van der Waals surface area contributed by atoms with Gasteiger partial charge in [-0.3, -0.25) is 0 Å². The van der Waals surface area contributed by atoms with Gasteiger partial charge in [0, 0.05) is 11.6 Å². The number of aromatic nitrogens is 2. The van der Waals surface area contributed by atoms with Gasteiger partial charge >= 0.3 is 0 Å². The minimum absolute atomic E-state index is 0.0498. The lowest BCUT2D eigenvalue weighted by Crippen LogP contribution is -2.32. The first kappa shape index (κ1) is 16.2. The van der Waals surface area contributed by atoms with E-state index < -0.39 is 0 Å². The van der Waals surface area contributed by atoms with E-state index in [9.17, 15) is 0 Å². The summed E-state index contributed by atoms with van der Waals surface area (Å²) in [6.07, 6.45) is 1.04. The summed E-state index contributed by atoms with van der Waals surface area (Å²) >= 11 is 6.14. The van der Waals surface area contributed by atoms with E-state index in [2.05, 4.69) is 50.2 Å². The molecule has 2 rings (SSSR count). The summed E-state index contributed by atoms with van der Waals surface area (Å²) in [4.78, 5) is 4.69. The summed E-state index contributed by atoms with van der Waals surface area (Å²) in [5.74, 6) is 2.14. The molecule has 1 aromatic heterocycles. The Morgan fingerprint density at radius 1 is 1.19 bits per heavy atom. The Morgan fingerprint density at radius 3 is 2.38 bits per heavy atom. The van der Waals surface area contributed by atoms with Crippen LogP contribution < -0.4 is 4.74 Å². The number of fused-ring (bicyclic) bond motifs is 1. The molecule has 0 aliphatic heterocycles. The van der Waals surface area contributed by atoms with Crippen molar-refractivity contribution in [2.75, 3.05) is 7.11 Å². The highest BCUT2D eigenvalue weighted by molar-refractivity contribution is 6.16. The molecule has 0 radical (unpaired) electrons. The minimum atomic E-state index is -0.0498. The summed E-state index contributed by atoms with van der Waals surface area (Å²) < 4.78 is 7.57. The van der Waals surface area contributed by atoms with Crippen LogP contribution in [0.25, 0.3) is 11.0 Å². The molecule has 0 fully saturated rings. The van der Waals surface area contributed by atoms with Crippen LogP contribution in [-0.2, 0) is 11.4 Å². The van der Waals surface area contributed by atoms with Gasteiger partial charge in [0.2, 0.25) is 0 Å². The zero-order valence-corrected chi connectivity index (χ0v) is 14.6. The second kappa shape index (κ2) is 5.53. The van der Waals surface area contributed by atoms with Crippen LogP contribution in [0.3, 0.4) is 0 Å². The van der Waals surface area contributed by atoms with E-state index in [1.165, 1.54) is 0 Å². The van der Waals surface area contributed by atoms with Crippen molar-refractivity contribution in [3.8, 4) is 5.75 Å². The fourth-order valence-electron chi connectivity index (χ4n) is 3.38. The van der Waals surface area contributed by atoms with Gasteiger partial charge in [-0.1, -0.05) is 20.8 Å². The van der Waals surface area contributed by atoms with E-state index in [0.29, 0.717) is 5.88 Å². The molecule has 0 saturated carbocycles. The van der Waals surface area contributed by atoms with Gasteiger partial charge < -0.3 is 9.30 Å². The molecule has 0 aliphatic rings. The standard InChI is InChI=1S/C17H25ClN2O/c1-16(2,3)11-17(4,5)20-14-8-7-12(21-6)9-13(14)19-15(20)10-18/h7-9H,10-11H2,1-6H3. The van der Waals surface area contributed by atoms with Crippen LogP contribution in [0.5, 0.6) is 5.75 Å². The lowest BCUT2D eigenvalue weighted by Gasteiger charge is -2.35. The Kier molecular flexibility index (Phi) is 4.25. The van der Waals surface area contributed by atoms with Crippen LogP contribution in [0.1, 0.15) is 46.9 Å². The summed E-state index contributed by atoms with van der Waals surface area (Å²) in [5, 5.41) is 0. The fourth-order valence-corrected chi connectivity index (χ4v) is 3.56. The predicted octanol–water partition coefficient (Wildman–Crippen LogP) is 4.96. The topological polar surface area (TPSA) is 27.1 Å². The Balaban J connectivity index is 2.61. The first-order valence-corrected chi connectivity index (χ1v) is 7.83. The van der Waals surface area contributed by atoms with E-state index in [1.807, 2.05) is 12.1 Å². The average molecular weight is 309 g/mol. The maximum Gasteiger partial charge on any atom is 0.125 e. The van der Waals surface area contributed by atoms with Crippen LogP contribution in [0, 0.1) is 5.41 Å². The maximum absolute atomic E-state index is 6.14. The molecule has 0 unspecified atom stereocenters. The Hall–Kier alpha value is -1.22. The lowest BCUT2D eigenvalue weighted by molar-refractivity contribution is 0.216. The van der Waals surface area contributed by atoms with Gasteiger partial charge in [0.25, 0.3) is 0 Å². The number of rotatable bonds is 4. The van der Waals surface area contributed by atoms with Crippen molar-refractivity contribution < 1.29 is 4.74 Å². The molecule has 1 aromatic carbocycles. The van der Waals surface area contributed by atoms with Crippen molar-refractivity contribution in [2.24, 2.45) is 5.41 Å². The number of ether oxygens (including phenoxy) is 1.